The summed E-state index contributed by atoms with van der Waals surface area (Å²) in [4.78, 5) is 36.4. The number of hydrogen-bond donors (Lipinski definition) is 2. The molecule has 1 saturated heterocycles. The van der Waals surface area contributed by atoms with E-state index >= 15 is 0 Å². The van der Waals surface area contributed by atoms with Crippen LogP contribution in [0.4, 0.5) is 5.69 Å². The second-order valence-electron chi connectivity index (χ2n) is 5.40. The fourth-order valence-electron chi connectivity index (χ4n) is 2.42. The molecule has 6 nitrogen and oxygen atoms in total. The number of carbonyl (C=O) groups excluding carboxylic acids is 2. The van der Waals surface area contributed by atoms with Gasteiger partial charge in [0, 0.05) is 18.8 Å². The molecule has 23 heavy (non-hydrogen) atoms. The van der Waals surface area contributed by atoms with E-state index in [2.05, 4.69) is 5.32 Å². The van der Waals surface area contributed by atoms with E-state index in [-0.39, 0.29) is 29.2 Å². The quantitative estimate of drug-likeness (QED) is 0.825. The molecule has 0 spiro atoms. The average Bonchev–Trinajstić information content (AvgIpc) is 2.55. The van der Waals surface area contributed by atoms with Gasteiger partial charge in [-0.3, -0.25) is 14.4 Å². The number of carboxylic acid groups (broad SMARTS) is 1. The van der Waals surface area contributed by atoms with Gasteiger partial charge >= 0.3 is 5.97 Å². The van der Waals surface area contributed by atoms with Crippen molar-refractivity contribution in [2.45, 2.75) is 12.8 Å². The number of amides is 2. The molecule has 1 aliphatic rings. The first-order valence-electron chi connectivity index (χ1n) is 7.49. The van der Waals surface area contributed by atoms with Gasteiger partial charge in [-0.2, -0.15) is 0 Å². The number of hydrogen-bond acceptors (Lipinski definition) is 4. The Labute approximate surface area is 139 Å². The minimum atomic E-state index is -0.788. The molecule has 1 fully saturated rings. The third-order valence-corrected chi connectivity index (χ3v) is 4.63. The van der Waals surface area contributed by atoms with Crippen LogP contribution >= 0.6 is 11.8 Å². The van der Waals surface area contributed by atoms with Gasteiger partial charge in [0.25, 0.3) is 0 Å². The number of likely N-dealkylation sites (tertiary alicyclic amines) is 1. The minimum Gasteiger partial charge on any atom is -0.481 e. The maximum Gasteiger partial charge on any atom is 0.306 e. The number of aliphatic carboxylic acids is 1. The number of nitrogens with one attached hydrogen (secondary N) is 1. The fraction of sp³-hybridized carbons (Fsp3) is 0.438. The monoisotopic (exact) mass is 336 g/mol. The SMILES string of the molecule is O=C(CSCC(=O)N1CCC(C(=O)O)CC1)Nc1ccccc1. The highest BCUT2D eigenvalue weighted by Gasteiger charge is 2.26. The molecule has 1 aromatic carbocycles. The molecule has 1 aliphatic heterocycles. The molecule has 1 heterocycles. The van der Waals surface area contributed by atoms with E-state index in [0.29, 0.717) is 25.9 Å². The van der Waals surface area contributed by atoms with Gasteiger partial charge < -0.3 is 15.3 Å². The van der Waals surface area contributed by atoms with Crippen LogP contribution in [0.5, 0.6) is 0 Å². The number of carbonyl (C=O) groups is 3. The number of para-hydroxylation sites is 1. The maximum atomic E-state index is 12.0. The number of rotatable bonds is 6. The third-order valence-electron chi connectivity index (χ3n) is 3.71. The molecule has 1 aromatic rings. The molecule has 2 rings (SSSR count). The number of anilines is 1. The first kappa shape index (κ1) is 17.3. The molecular formula is C16H20N2O4S. The highest BCUT2D eigenvalue weighted by Crippen LogP contribution is 2.18. The highest BCUT2D eigenvalue weighted by atomic mass is 32.2. The molecule has 2 N–H and O–H groups in total. The van der Waals surface area contributed by atoms with Crippen LogP contribution in [0, 0.1) is 5.92 Å². The molecule has 124 valence electrons. The van der Waals surface area contributed by atoms with Crippen LogP contribution in [-0.4, -0.2) is 52.4 Å². The Morgan fingerprint density at radius 3 is 2.39 bits per heavy atom. The van der Waals surface area contributed by atoms with Crippen LogP contribution < -0.4 is 5.32 Å². The van der Waals surface area contributed by atoms with Crippen molar-refractivity contribution in [2.24, 2.45) is 5.92 Å². The predicted molar refractivity (Wildman–Crippen MR) is 89.3 cm³/mol. The molecule has 0 atom stereocenters. The molecule has 0 unspecified atom stereocenters. The minimum absolute atomic E-state index is 0.0358. The van der Waals surface area contributed by atoms with Crippen molar-refractivity contribution in [1.29, 1.82) is 0 Å². The Bertz CT molecular complexity index is 556. The van der Waals surface area contributed by atoms with Crippen molar-refractivity contribution in [1.82, 2.24) is 4.90 Å². The Balaban J connectivity index is 1.65. The van der Waals surface area contributed by atoms with Crippen molar-refractivity contribution in [3.05, 3.63) is 30.3 Å². The lowest BCUT2D eigenvalue weighted by molar-refractivity contribution is -0.145. The van der Waals surface area contributed by atoms with Crippen LogP contribution in [0.1, 0.15) is 12.8 Å². The second-order valence-corrected chi connectivity index (χ2v) is 6.39. The third kappa shape index (κ3) is 5.59. The van der Waals surface area contributed by atoms with Crippen molar-refractivity contribution < 1.29 is 19.5 Å². The lowest BCUT2D eigenvalue weighted by atomic mass is 9.97. The zero-order valence-corrected chi connectivity index (χ0v) is 13.6. The first-order valence-corrected chi connectivity index (χ1v) is 8.65. The van der Waals surface area contributed by atoms with Crippen LogP contribution in [0.2, 0.25) is 0 Å². The predicted octanol–water partition coefficient (Wildman–Crippen LogP) is 1.68. The summed E-state index contributed by atoms with van der Waals surface area (Å²) in [5.41, 5.74) is 0.736. The summed E-state index contributed by atoms with van der Waals surface area (Å²) in [5.74, 6) is -0.857. The Kier molecular flexibility index (Phi) is 6.46. The summed E-state index contributed by atoms with van der Waals surface area (Å²) in [6.07, 6.45) is 1.00. The van der Waals surface area contributed by atoms with E-state index in [1.54, 1.807) is 17.0 Å². The topological polar surface area (TPSA) is 86.7 Å². The number of nitrogens with zero attached hydrogens (tertiary/aromatic N) is 1. The summed E-state index contributed by atoms with van der Waals surface area (Å²) in [5, 5.41) is 11.7. The van der Waals surface area contributed by atoms with E-state index in [1.807, 2.05) is 18.2 Å². The van der Waals surface area contributed by atoms with Crippen molar-refractivity contribution in [2.75, 3.05) is 29.9 Å². The lowest BCUT2D eigenvalue weighted by Crippen LogP contribution is -2.41. The zero-order chi connectivity index (χ0) is 16.7. The van der Waals surface area contributed by atoms with Gasteiger partial charge in [-0.05, 0) is 25.0 Å². The van der Waals surface area contributed by atoms with Crippen LogP contribution in [0.25, 0.3) is 0 Å². The summed E-state index contributed by atoms with van der Waals surface area (Å²) >= 11 is 1.27. The normalized spacial score (nSPS) is 15.2. The van der Waals surface area contributed by atoms with Crippen molar-refractivity contribution >= 4 is 35.2 Å². The van der Waals surface area contributed by atoms with E-state index in [9.17, 15) is 14.4 Å². The molecule has 0 bridgehead atoms. The molecule has 0 radical (unpaired) electrons. The van der Waals surface area contributed by atoms with Crippen LogP contribution in [0.3, 0.4) is 0 Å². The van der Waals surface area contributed by atoms with Gasteiger partial charge in [0.1, 0.15) is 0 Å². The van der Waals surface area contributed by atoms with E-state index in [0.717, 1.165) is 5.69 Å². The average molecular weight is 336 g/mol. The zero-order valence-electron chi connectivity index (χ0n) is 12.7. The van der Waals surface area contributed by atoms with Crippen molar-refractivity contribution in [3.63, 3.8) is 0 Å². The van der Waals surface area contributed by atoms with Gasteiger partial charge in [0.05, 0.1) is 17.4 Å². The van der Waals surface area contributed by atoms with Gasteiger partial charge in [0.15, 0.2) is 0 Å². The van der Waals surface area contributed by atoms with Crippen molar-refractivity contribution in [3.8, 4) is 0 Å². The molecule has 7 heteroatoms. The van der Waals surface area contributed by atoms with E-state index in [1.165, 1.54) is 11.8 Å². The molecule has 2 amide bonds. The molecule has 0 saturated carbocycles. The van der Waals surface area contributed by atoms with Gasteiger partial charge in [-0.15, -0.1) is 11.8 Å². The van der Waals surface area contributed by atoms with Gasteiger partial charge in [-0.1, -0.05) is 18.2 Å². The largest absolute Gasteiger partial charge is 0.481 e. The highest BCUT2D eigenvalue weighted by molar-refractivity contribution is 8.00. The number of thioether (sulfide) groups is 1. The molecule has 0 aliphatic carbocycles. The lowest BCUT2D eigenvalue weighted by Gasteiger charge is -2.30. The summed E-state index contributed by atoms with van der Waals surface area (Å²) in [6.45, 7) is 0.957. The van der Waals surface area contributed by atoms with Gasteiger partial charge in [0.2, 0.25) is 11.8 Å². The summed E-state index contributed by atoms with van der Waals surface area (Å²) in [6, 6.07) is 9.16. The fourth-order valence-corrected chi connectivity index (χ4v) is 3.13. The van der Waals surface area contributed by atoms with Crippen LogP contribution in [0.15, 0.2) is 30.3 Å². The number of piperidine rings is 1. The molecule has 0 aromatic heterocycles. The van der Waals surface area contributed by atoms with E-state index in [4.69, 9.17) is 5.11 Å². The Morgan fingerprint density at radius 1 is 1.13 bits per heavy atom. The summed E-state index contributed by atoms with van der Waals surface area (Å²) in [7, 11) is 0. The standard InChI is InChI=1S/C16H20N2O4S/c19-14(17-13-4-2-1-3-5-13)10-23-11-15(20)18-8-6-12(7-9-18)16(21)22/h1-5,12H,6-11H2,(H,17,19)(H,21,22). The van der Waals surface area contributed by atoms with E-state index < -0.39 is 5.97 Å². The second kappa shape index (κ2) is 8.57. The smallest absolute Gasteiger partial charge is 0.306 e. The first-order chi connectivity index (χ1) is 11.1. The molecular weight excluding hydrogens is 316 g/mol. The van der Waals surface area contributed by atoms with Crippen LogP contribution in [-0.2, 0) is 14.4 Å². The number of carboxylic acids is 1. The Morgan fingerprint density at radius 2 is 1.78 bits per heavy atom. The number of benzene rings is 1. The summed E-state index contributed by atoms with van der Waals surface area (Å²) < 4.78 is 0. The Hall–Kier alpha value is -2.02. The maximum absolute atomic E-state index is 12.0. The van der Waals surface area contributed by atoms with Gasteiger partial charge in [-0.25, -0.2) is 0 Å².